The van der Waals surface area contributed by atoms with E-state index in [1.807, 2.05) is 65.0 Å². The van der Waals surface area contributed by atoms with Crippen LogP contribution in [0.5, 0.6) is 0 Å². The molecule has 1 amide bonds. The van der Waals surface area contributed by atoms with E-state index in [-0.39, 0.29) is 23.9 Å². The van der Waals surface area contributed by atoms with Gasteiger partial charge < -0.3 is 9.64 Å². The van der Waals surface area contributed by atoms with E-state index in [4.69, 9.17) is 4.74 Å². The minimum absolute atomic E-state index is 0.177. The van der Waals surface area contributed by atoms with Crippen molar-refractivity contribution >= 4 is 27.0 Å². The Kier molecular flexibility index (Phi) is 7.90. The largest absolute Gasteiger partial charge is 0.444 e. The predicted octanol–water partition coefficient (Wildman–Crippen LogP) is 6.48. The second kappa shape index (κ2) is 10.5. The summed E-state index contributed by atoms with van der Waals surface area (Å²) in [4.78, 5) is 14.8. The van der Waals surface area contributed by atoms with Gasteiger partial charge in [0.05, 0.1) is 17.0 Å². The van der Waals surface area contributed by atoms with Crippen molar-refractivity contribution in [2.75, 3.05) is 6.54 Å². The Labute approximate surface area is 208 Å². The molecule has 2 aromatic carbocycles. The van der Waals surface area contributed by atoms with Crippen molar-refractivity contribution < 1.29 is 17.9 Å². The summed E-state index contributed by atoms with van der Waals surface area (Å²) in [6, 6.07) is 15.8. The lowest BCUT2D eigenvalue weighted by molar-refractivity contribution is 0.0257. The lowest BCUT2D eigenvalue weighted by atomic mass is 10.0. The highest BCUT2D eigenvalue weighted by atomic mass is 32.2. The molecule has 0 N–H and O–H groups in total. The molecule has 35 heavy (non-hydrogen) atoms. The number of hydrogen-bond acceptors (Lipinski definition) is 4. The summed E-state index contributed by atoms with van der Waals surface area (Å²) in [7, 11) is -3.91. The third-order valence-electron chi connectivity index (χ3n) is 5.52. The molecule has 0 aliphatic carbocycles. The summed E-state index contributed by atoms with van der Waals surface area (Å²) in [5, 5.41) is 0.774. The molecule has 0 aliphatic heterocycles. The predicted molar refractivity (Wildman–Crippen MR) is 141 cm³/mol. The van der Waals surface area contributed by atoms with Crippen molar-refractivity contribution in [3.63, 3.8) is 0 Å². The van der Waals surface area contributed by atoms with Crippen LogP contribution in [-0.4, -0.2) is 35.5 Å². The van der Waals surface area contributed by atoms with Crippen LogP contribution in [0.2, 0.25) is 0 Å². The maximum Gasteiger partial charge on any atom is 0.410 e. The highest BCUT2D eigenvalue weighted by Crippen LogP contribution is 2.36. The Bertz CT molecular complexity index is 1330. The molecule has 1 aromatic heterocycles. The summed E-state index contributed by atoms with van der Waals surface area (Å²) in [6.45, 7) is 13.5. The molecule has 6 nitrogen and oxygen atoms in total. The van der Waals surface area contributed by atoms with Gasteiger partial charge in [-0.05, 0) is 45.9 Å². The maximum absolute atomic E-state index is 13.9. The fourth-order valence-electron chi connectivity index (χ4n) is 4.14. The molecule has 7 heteroatoms. The molecule has 0 fully saturated rings. The van der Waals surface area contributed by atoms with Crippen LogP contribution >= 0.6 is 0 Å². The summed E-state index contributed by atoms with van der Waals surface area (Å²) in [5.41, 5.74) is 1.28. The Morgan fingerprint density at radius 1 is 1.11 bits per heavy atom. The van der Waals surface area contributed by atoms with Crippen molar-refractivity contribution in [1.29, 1.82) is 0 Å². The van der Waals surface area contributed by atoms with Gasteiger partial charge in [0.25, 0.3) is 10.0 Å². The Morgan fingerprint density at radius 2 is 1.74 bits per heavy atom. The number of hydrogen-bond donors (Lipinski definition) is 0. The first-order valence-electron chi connectivity index (χ1n) is 11.7. The third kappa shape index (κ3) is 5.68. The standard InChI is InChI=1S/C28H34N2O4S/c1-7-14-21(3)26-24(20-29(19-8-2)27(31)34-28(4,5)6)23-17-12-13-18-25(23)30(26)35(32,33)22-15-10-9-11-16-22/h7-18,21H,2,19-20H2,1,3-6H3/b14-7+. The Hall–Kier alpha value is -3.32. The first-order chi connectivity index (χ1) is 16.5. The van der Waals surface area contributed by atoms with Gasteiger partial charge in [-0.2, -0.15) is 0 Å². The van der Waals surface area contributed by atoms with Gasteiger partial charge in [-0.3, -0.25) is 0 Å². The minimum Gasteiger partial charge on any atom is -0.444 e. The van der Waals surface area contributed by atoms with Gasteiger partial charge >= 0.3 is 6.09 Å². The number of ether oxygens (including phenoxy) is 1. The maximum atomic E-state index is 13.9. The van der Waals surface area contributed by atoms with E-state index >= 15 is 0 Å². The molecule has 0 spiro atoms. The number of aromatic nitrogens is 1. The highest BCUT2D eigenvalue weighted by Gasteiger charge is 2.31. The molecule has 186 valence electrons. The minimum atomic E-state index is -3.91. The van der Waals surface area contributed by atoms with Crippen molar-refractivity contribution in [1.82, 2.24) is 8.87 Å². The molecule has 0 saturated heterocycles. The second-order valence-corrected chi connectivity index (χ2v) is 11.2. The Balaban J connectivity index is 2.30. The highest BCUT2D eigenvalue weighted by molar-refractivity contribution is 7.90. The van der Waals surface area contributed by atoms with E-state index in [1.165, 1.54) is 3.97 Å². The van der Waals surface area contributed by atoms with E-state index in [9.17, 15) is 13.2 Å². The van der Waals surface area contributed by atoms with Crippen LogP contribution in [0.1, 0.15) is 51.8 Å². The lowest BCUT2D eigenvalue weighted by Crippen LogP contribution is -2.36. The number of allylic oxidation sites excluding steroid dienone is 2. The topological polar surface area (TPSA) is 68.6 Å². The molecule has 3 rings (SSSR count). The van der Waals surface area contributed by atoms with Gasteiger partial charge in [-0.25, -0.2) is 17.2 Å². The van der Waals surface area contributed by atoms with E-state index in [0.717, 1.165) is 10.9 Å². The molecule has 3 aromatic rings. The molecular formula is C28H34N2O4S. The van der Waals surface area contributed by atoms with Gasteiger partial charge in [0, 0.05) is 29.1 Å². The average molecular weight is 495 g/mol. The zero-order valence-corrected chi connectivity index (χ0v) is 21.9. The quantitative estimate of drug-likeness (QED) is 0.336. The zero-order chi connectivity index (χ0) is 25.8. The first kappa shape index (κ1) is 26.3. The smallest absolute Gasteiger partial charge is 0.410 e. The number of carbonyl (C=O) groups excluding carboxylic acids is 1. The third-order valence-corrected chi connectivity index (χ3v) is 7.26. The van der Waals surface area contributed by atoms with E-state index in [0.29, 0.717) is 11.2 Å². The van der Waals surface area contributed by atoms with Gasteiger partial charge in [0.15, 0.2) is 0 Å². The van der Waals surface area contributed by atoms with Gasteiger partial charge in [0.2, 0.25) is 0 Å². The fraction of sp³-hybridized carbons (Fsp3) is 0.321. The van der Waals surface area contributed by atoms with Gasteiger partial charge in [-0.1, -0.05) is 61.5 Å². The van der Waals surface area contributed by atoms with Gasteiger partial charge in [0.1, 0.15) is 5.60 Å². The SMILES string of the molecule is C=CCN(Cc1c(C(C)/C=C/C)n(S(=O)(=O)c2ccccc2)c2ccccc12)C(=O)OC(C)(C)C. The number of amides is 1. The summed E-state index contributed by atoms with van der Waals surface area (Å²) in [6.07, 6.45) is 5.02. The number of rotatable bonds is 8. The van der Waals surface area contributed by atoms with Crippen LogP contribution in [0.4, 0.5) is 4.79 Å². The van der Waals surface area contributed by atoms with Crippen molar-refractivity contribution in [3.8, 4) is 0 Å². The second-order valence-electron chi connectivity index (χ2n) is 9.43. The summed E-state index contributed by atoms with van der Waals surface area (Å²) >= 11 is 0. The molecule has 0 radical (unpaired) electrons. The number of benzene rings is 2. The Morgan fingerprint density at radius 3 is 2.34 bits per heavy atom. The molecule has 0 aliphatic rings. The summed E-state index contributed by atoms with van der Waals surface area (Å²) in [5.74, 6) is -0.231. The normalized spacial score (nSPS) is 13.2. The molecule has 1 atom stereocenters. The van der Waals surface area contributed by atoms with E-state index in [2.05, 4.69) is 6.58 Å². The van der Waals surface area contributed by atoms with Gasteiger partial charge in [-0.15, -0.1) is 6.58 Å². The van der Waals surface area contributed by atoms with E-state index < -0.39 is 21.7 Å². The number of para-hydroxylation sites is 1. The van der Waals surface area contributed by atoms with E-state index in [1.54, 1.807) is 47.4 Å². The molecule has 0 bridgehead atoms. The zero-order valence-electron chi connectivity index (χ0n) is 21.1. The number of carbonyl (C=O) groups is 1. The van der Waals surface area contributed by atoms with Crippen molar-refractivity contribution in [3.05, 3.63) is 90.7 Å². The molecule has 1 unspecified atom stereocenters. The van der Waals surface area contributed by atoms with Crippen LogP contribution in [0.25, 0.3) is 10.9 Å². The fourth-order valence-corrected chi connectivity index (χ4v) is 5.80. The van der Waals surface area contributed by atoms with Crippen molar-refractivity contribution in [2.24, 2.45) is 0 Å². The van der Waals surface area contributed by atoms with Crippen LogP contribution < -0.4 is 0 Å². The van der Waals surface area contributed by atoms with Crippen LogP contribution in [0.3, 0.4) is 0 Å². The summed E-state index contributed by atoms with van der Waals surface area (Å²) < 4.78 is 34.9. The van der Waals surface area contributed by atoms with Crippen LogP contribution in [-0.2, 0) is 21.3 Å². The monoisotopic (exact) mass is 494 g/mol. The lowest BCUT2D eigenvalue weighted by Gasteiger charge is -2.27. The average Bonchev–Trinajstić information content (AvgIpc) is 3.13. The molecule has 0 saturated carbocycles. The number of fused-ring (bicyclic) bond motifs is 1. The first-order valence-corrected chi connectivity index (χ1v) is 13.1. The van der Waals surface area contributed by atoms with Crippen LogP contribution in [0.15, 0.2) is 84.3 Å². The molecule has 1 heterocycles. The van der Waals surface area contributed by atoms with Crippen LogP contribution in [0, 0.1) is 0 Å². The molecular weight excluding hydrogens is 460 g/mol. The van der Waals surface area contributed by atoms with Crippen molar-refractivity contribution in [2.45, 2.75) is 57.6 Å². The number of nitrogens with zero attached hydrogens (tertiary/aromatic N) is 2.